The summed E-state index contributed by atoms with van der Waals surface area (Å²) in [5.74, 6) is -0.618. The predicted molar refractivity (Wildman–Crippen MR) is 100 cm³/mol. The van der Waals surface area contributed by atoms with E-state index in [1.54, 1.807) is 29.6 Å². The molecule has 0 N–H and O–H groups in total. The van der Waals surface area contributed by atoms with Gasteiger partial charge in [0.25, 0.3) is 6.10 Å². The third kappa shape index (κ3) is 5.04. The van der Waals surface area contributed by atoms with Crippen LogP contribution in [-0.2, 0) is 14.4 Å². The Morgan fingerprint density at radius 3 is 2.41 bits per heavy atom. The van der Waals surface area contributed by atoms with E-state index in [0.29, 0.717) is 31.9 Å². The molecule has 7 heteroatoms. The van der Waals surface area contributed by atoms with Gasteiger partial charge in [0, 0.05) is 31.2 Å². The molecular weight excluding hydrogens is 346 g/mol. The summed E-state index contributed by atoms with van der Waals surface area (Å²) < 4.78 is 5.58. The van der Waals surface area contributed by atoms with Gasteiger partial charge in [-0.3, -0.25) is 9.78 Å². The van der Waals surface area contributed by atoms with Gasteiger partial charge in [-0.1, -0.05) is 12.1 Å². The van der Waals surface area contributed by atoms with Crippen LogP contribution in [0.25, 0.3) is 0 Å². The highest BCUT2D eigenvalue weighted by Gasteiger charge is 2.30. The van der Waals surface area contributed by atoms with Gasteiger partial charge in [-0.05, 0) is 43.7 Å². The number of carbonyl (C=O) groups excluding carboxylic acids is 2. The number of anilines is 1. The Kier molecular flexibility index (Phi) is 6.03. The zero-order chi connectivity index (χ0) is 19.2. The molecule has 3 rings (SSSR count). The number of nitrogens with zero attached hydrogens (tertiary/aromatic N) is 3. The zero-order valence-corrected chi connectivity index (χ0v) is 15.5. The first-order valence-electron chi connectivity index (χ1n) is 8.88. The molecule has 1 fully saturated rings. The van der Waals surface area contributed by atoms with Gasteiger partial charge < -0.3 is 14.5 Å². The average Bonchev–Trinajstić information content (AvgIpc) is 2.67. The third-order valence-corrected chi connectivity index (χ3v) is 4.31. The number of piperazine rings is 1. The molecular formula is C20H23N3O4. The second-order valence-corrected chi connectivity index (χ2v) is 6.46. The van der Waals surface area contributed by atoms with Crippen LogP contribution in [0.5, 0.6) is 5.75 Å². The van der Waals surface area contributed by atoms with Gasteiger partial charge in [0.15, 0.2) is 5.78 Å². The smallest absolute Gasteiger partial charge is 0.374 e. The maximum Gasteiger partial charge on any atom is 0.374 e. The van der Waals surface area contributed by atoms with Gasteiger partial charge in [0.05, 0.1) is 13.1 Å². The largest absolute Gasteiger partial charge is 0.471 e. The van der Waals surface area contributed by atoms with Crippen LogP contribution in [0.15, 0.2) is 48.8 Å². The molecule has 7 nitrogen and oxygen atoms in total. The van der Waals surface area contributed by atoms with Crippen molar-refractivity contribution in [3.63, 3.8) is 0 Å². The number of benzene rings is 1. The quantitative estimate of drug-likeness (QED) is 0.721. The topological polar surface area (TPSA) is 72.0 Å². The summed E-state index contributed by atoms with van der Waals surface area (Å²) in [6.45, 7) is 5.74. The van der Waals surface area contributed by atoms with Crippen molar-refractivity contribution in [2.75, 3.05) is 31.1 Å². The molecule has 2 aromatic rings. The summed E-state index contributed by atoms with van der Waals surface area (Å²) in [6, 6.07) is 11.1. The summed E-state index contributed by atoms with van der Waals surface area (Å²) in [5.41, 5.74) is 2.07. The first kappa shape index (κ1) is 18.8. The van der Waals surface area contributed by atoms with Crippen LogP contribution in [0, 0.1) is 6.92 Å². The van der Waals surface area contributed by atoms with E-state index in [9.17, 15) is 9.59 Å². The Morgan fingerprint density at radius 1 is 1.07 bits per heavy atom. The molecule has 0 spiro atoms. The first-order chi connectivity index (χ1) is 13.0. The molecule has 0 amide bonds. The van der Waals surface area contributed by atoms with Gasteiger partial charge in [0.1, 0.15) is 5.75 Å². The molecule has 1 atom stereocenters. The minimum absolute atomic E-state index is 0.392. The molecule has 2 heterocycles. The number of hydrogen-bond acceptors (Lipinski definition) is 7. The summed E-state index contributed by atoms with van der Waals surface area (Å²) >= 11 is 0. The highest BCUT2D eigenvalue weighted by Crippen LogP contribution is 2.17. The van der Waals surface area contributed by atoms with Gasteiger partial charge in [-0.25, -0.2) is 4.79 Å². The monoisotopic (exact) mass is 369 g/mol. The number of carbonyl (C=O) groups is 2. The molecule has 142 valence electrons. The Labute approximate surface area is 158 Å². The number of aryl methyl sites for hydroxylation is 1. The Hall–Kier alpha value is -2.93. The highest BCUT2D eigenvalue weighted by atomic mass is 16.7. The lowest BCUT2D eigenvalue weighted by atomic mass is 10.2. The molecule has 1 aliphatic heterocycles. The number of hydroxylamine groups is 2. The average molecular weight is 369 g/mol. The lowest BCUT2D eigenvalue weighted by Crippen LogP contribution is -2.49. The van der Waals surface area contributed by atoms with E-state index in [2.05, 4.69) is 9.88 Å². The number of ether oxygens (including phenoxy) is 1. The number of ketones is 1. The number of Topliss-reactive ketones (excluding diaryl/α,β-unsaturated/α-hetero) is 1. The van der Waals surface area contributed by atoms with Crippen molar-refractivity contribution in [1.82, 2.24) is 10.0 Å². The van der Waals surface area contributed by atoms with Crippen LogP contribution in [0.3, 0.4) is 0 Å². The Balaban J connectivity index is 1.56. The normalized spacial score (nSPS) is 15.9. The van der Waals surface area contributed by atoms with Crippen LogP contribution in [0.2, 0.25) is 0 Å². The minimum atomic E-state index is -1.27. The van der Waals surface area contributed by atoms with Crippen molar-refractivity contribution in [2.24, 2.45) is 0 Å². The van der Waals surface area contributed by atoms with Gasteiger partial charge >= 0.3 is 5.97 Å². The highest BCUT2D eigenvalue weighted by molar-refractivity contribution is 6.01. The molecule has 27 heavy (non-hydrogen) atoms. The lowest BCUT2D eigenvalue weighted by Gasteiger charge is -2.35. The fourth-order valence-electron chi connectivity index (χ4n) is 2.89. The van der Waals surface area contributed by atoms with Crippen molar-refractivity contribution in [3.8, 4) is 5.75 Å². The number of pyridine rings is 1. The van der Waals surface area contributed by atoms with Gasteiger partial charge in [0.2, 0.25) is 0 Å². The summed E-state index contributed by atoms with van der Waals surface area (Å²) in [6.07, 6.45) is 2.23. The maximum absolute atomic E-state index is 12.5. The van der Waals surface area contributed by atoms with Crippen LogP contribution in [-0.4, -0.2) is 54.1 Å². The summed E-state index contributed by atoms with van der Waals surface area (Å²) in [4.78, 5) is 36.0. The van der Waals surface area contributed by atoms with E-state index in [0.717, 1.165) is 11.3 Å². The van der Waals surface area contributed by atoms with Crippen LogP contribution in [0.4, 0.5) is 5.69 Å². The fraction of sp³-hybridized carbons (Fsp3) is 0.350. The van der Waals surface area contributed by atoms with Crippen LogP contribution >= 0.6 is 0 Å². The van der Waals surface area contributed by atoms with Crippen molar-refractivity contribution < 1.29 is 19.2 Å². The lowest BCUT2D eigenvalue weighted by molar-refractivity contribution is -0.199. The fourth-order valence-corrected chi connectivity index (χ4v) is 2.89. The number of aromatic nitrogens is 1. The maximum atomic E-state index is 12.5. The Bertz CT molecular complexity index is 789. The van der Waals surface area contributed by atoms with E-state index >= 15 is 0 Å². The molecule has 0 aliphatic carbocycles. The minimum Gasteiger partial charge on any atom is -0.471 e. The van der Waals surface area contributed by atoms with Crippen LogP contribution < -0.4 is 9.64 Å². The van der Waals surface area contributed by atoms with E-state index in [4.69, 9.17) is 9.57 Å². The third-order valence-electron chi connectivity index (χ3n) is 4.31. The van der Waals surface area contributed by atoms with E-state index in [-0.39, 0.29) is 0 Å². The Morgan fingerprint density at radius 2 is 1.78 bits per heavy atom. The molecule has 1 unspecified atom stereocenters. The second kappa shape index (κ2) is 8.64. The van der Waals surface area contributed by atoms with E-state index in [1.807, 2.05) is 31.2 Å². The van der Waals surface area contributed by atoms with E-state index in [1.165, 1.54) is 6.92 Å². The second-order valence-electron chi connectivity index (χ2n) is 6.46. The number of rotatable bonds is 6. The van der Waals surface area contributed by atoms with Crippen molar-refractivity contribution in [2.45, 2.75) is 20.0 Å². The van der Waals surface area contributed by atoms with Gasteiger partial charge in [-0.2, -0.15) is 0 Å². The van der Waals surface area contributed by atoms with Gasteiger partial charge in [-0.15, -0.1) is 5.06 Å². The molecule has 0 bridgehead atoms. The molecule has 1 aromatic heterocycles. The van der Waals surface area contributed by atoms with Crippen molar-refractivity contribution in [1.29, 1.82) is 0 Å². The molecule has 1 aliphatic rings. The first-order valence-corrected chi connectivity index (χ1v) is 8.88. The molecule has 1 saturated heterocycles. The van der Waals surface area contributed by atoms with E-state index < -0.39 is 17.9 Å². The molecule has 0 saturated carbocycles. The zero-order valence-electron chi connectivity index (χ0n) is 15.5. The number of hydrogen-bond donors (Lipinski definition) is 0. The molecule has 0 radical (unpaired) electrons. The predicted octanol–water partition coefficient (Wildman–Crippen LogP) is 2.01. The van der Waals surface area contributed by atoms with Crippen molar-refractivity contribution >= 4 is 17.4 Å². The van der Waals surface area contributed by atoms with Crippen molar-refractivity contribution in [3.05, 3.63) is 54.4 Å². The van der Waals surface area contributed by atoms with Crippen LogP contribution in [0.1, 0.15) is 12.5 Å². The SMILES string of the molecule is CC(=O)C(Oc1cccc(C)c1)C(=O)ON1CCN(c2ccncc2)CC1. The summed E-state index contributed by atoms with van der Waals surface area (Å²) in [5, 5.41) is 1.58. The standard InChI is InChI=1S/C20H23N3O4/c1-15-4-3-5-18(14-15)26-19(16(2)24)20(25)27-23-12-10-22(11-13-23)17-6-8-21-9-7-17/h3-9,14,19H,10-13H2,1-2H3. The summed E-state index contributed by atoms with van der Waals surface area (Å²) in [7, 11) is 0. The molecule has 1 aromatic carbocycles.